The first kappa shape index (κ1) is 16.8. The highest BCUT2D eigenvalue weighted by Crippen LogP contribution is 2.28. The number of amides is 2. The Hall–Kier alpha value is -2.63. The Morgan fingerprint density at radius 1 is 1.23 bits per heavy atom. The van der Waals surface area contributed by atoms with Gasteiger partial charge < -0.3 is 14.8 Å². The lowest BCUT2D eigenvalue weighted by atomic mass is 10.1. The van der Waals surface area contributed by atoms with Gasteiger partial charge in [-0.25, -0.2) is 4.98 Å². The Morgan fingerprint density at radius 3 is 2.62 bits per heavy atom. The molecule has 2 aliphatic rings. The number of nitrogens with zero attached hydrogens (tertiary/aromatic N) is 3. The highest BCUT2D eigenvalue weighted by Gasteiger charge is 2.37. The predicted octanol–water partition coefficient (Wildman–Crippen LogP) is 1.47. The summed E-state index contributed by atoms with van der Waals surface area (Å²) < 4.78 is 1.96. The van der Waals surface area contributed by atoms with Crippen molar-refractivity contribution in [1.29, 1.82) is 0 Å². The van der Waals surface area contributed by atoms with Crippen molar-refractivity contribution in [3.05, 3.63) is 53.6 Å². The smallest absolute Gasteiger partial charge is 0.225 e. The topological polar surface area (TPSA) is 67.2 Å². The molecule has 1 unspecified atom stereocenters. The second-order valence-corrected chi connectivity index (χ2v) is 7.26. The van der Waals surface area contributed by atoms with Crippen LogP contribution < -0.4 is 5.32 Å². The second kappa shape index (κ2) is 6.94. The molecule has 0 radical (unpaired) electrons. The molecule has 0 spiro atoms. The minimum Gasteiger partial charge on any atom is -0.351 e. The number of benzene rings is 1. The van der Waals surface area contributed by atoms with Crippen molar-refractivity contribution >= 4 is 11.8 Å². The third kappa shape index (κ3) is 3.36. The lowest BCUT2D eigenvalue weighted by molar-refractivity contribution is -0.129. The van der Waals surface area contributed by atoms with Crippen LogP contribution in [0, 0.1) is 6.92 Å². The molecule has 1 aromatic heterocycles. The maximum atomic E-state index is 12.5. The predicted molar refractivity (Wildman–Crippen MR) is 97.5 cm³/mol. The number of likely N-dealkylation sites (tertiary alicyclic amines) is 1. The van der Waals surface area contributed by atoms with E-state index in [0.717, 1.165) is 18.7 Å². The number of aromatic nitrogens is 2. The molecule has 1 aromatic carbocycles. The van der Waals surface area contributed by atoms with Crippen LogP contribution in [0.25, 0.3) is 0 Å². The molecule has 1 atom stereocenters. The Balaban J connectivity index is 1.29. The van der Waals surface area contributed by atoms with Crippen LogP contribution in [-0.4, -0.2) is 44.9 Å². The van der Waals surface area contributed by atoms with Crippen molar-refractivity contribution in [2.24, 2.45) is 0 Å². The largest absolute Gasteiger partial charge is 0.351 e. The van der Waals surface area contributed by atoms with Crippen LogP contribution in [-0.2, 0) is 29.0 Å². The molecule has 2 heterocycles. The van der Waals surface area contributed by atoms with E-state index in [1.54, 1.807) is 6.20 Å². The molecule has 26 heavy (non-hydrogen) atoms. The third-order valence-electron chi connectivity index (χ3n) is 5.50. The van der Waals surface area contributed by atoms with Crippen LogP contribution in [0.4, 0.5) is 0 Å². The normalized spacial score (nSPS) is 19.8. The van der Waals surface area contributed by atoms with Gasteiger partial charge in [0.05, 0.1) is 6.04 Å². The molecule has 6 heteroatoms. The number of rotatable bonds is 5. The van der Waals surface area contributed by atoms with Crippen molar-refractivity contribution in [2.45, 2.75) is 51.2 Å². The molecule has 1 aliphatic carbocycles. The minimum atomic E-state index is -0.0809. The first-order chi connectivity index (χ1) is 12.6. The molecule has 1 saturated heterocycles. The van der Waals surface area contributed by atoms with E-state index in [4.69, 9.17) is 0 Å². The van der Waals surface area contributed by atoms with Crippen molar-refractivity contribution in [3.8, 4) is 0 Å². The van der Waals surface area contributed by atoms with E-state index in [1.807, 2.05) is 22.6 Å². The highest BCUT2D eigenvalue weighted by atomic mass is 16.2. The first-order valence-electron chi connectivity index (χ1n) is 9.23. The van der Waals surface area contributed by atoms with Gasteiger partial charge in [-0.2, -0.15) is 0 Å². The van der Waals surface area contributed by atoms with Crippen LogP contribution in [0.2, 0.25) is 0 Å². The fraction of sp³-hybridized carbons (Fsp3) is 0.450. The number of aryl methyl sites for hydroxylation is 2. The number of imidazole rings is 1. The van der Waals surface area contributed by atoms with Crippen molar-refractivity contribution < 1.29 is 9.59 Å². The number of fused-ring (bicyclic) bond motifs is 1. The van der Waals surface area contributed by atoms with Crippen molar-refractivity contribution in [3.63, 3.8) is 0 Å². The molecular weight excluding hydrogens is 328 g/mol. The van der Waals surface area contributed by atoms with Gasteiger partial charge in [0.15, 0.2) is 0 Å². The number of nitrogens with one attached hydrogen (secondary N) is 1. The zero-order valence-electron chi connectivity index (χ0n) is 15.0. The summed E-state index contributed by atoms with van der Waals surface area (Å²) in [5.41, 5.74) is 2.68. The van der Waals surface area contributed by atoms with Gasteiger partial charge in [-0.3, -0.25) is 9.59 Å². The molecule has 2 amide bonds. The minimum absolute atomic E-state index is 0.00698. The molecule has 6 nitrogen and oxygen atoms in total. The van der Waals surface area contributed by atoms with Gasteiger partial charge in [-0.15, -0.1) is 0 Å². The van der Waals surface area contributed by atoms with E-state index < -0.39 is 0 Å². The molecule has 0 saturated carbocycles. The summed E-state index contributed by atoms with van der Waals surface area (Å²) in [4.78, 5) is 30.8. The van der Waals surface area contributed by atoms with E-state index in [9.17, 15) is 9.59 Å². The summed E-state index contributed by atoms with van der Waals surface area (Å²) in [5, 5.41) is 3.03. The van der Waals surface area contributed by atoms with Crippen LogP contribution in [0.5, 0.6) is 0 Å². The summed E-state index contributed by atoms with van der Waals surface area (Å²) in [6.45, 7) is 3.15. The van der Waals surface area contributed by atoms with Gasteiger partial charge >= 0.3 is 0 Å². The summed E-state index contributed by atoms with van der Waals surface area (Å²) in [5.74, 6) is 1.05. The van der Waals surface area contributed by atoms with E-state index in [0.29, 0.717) is 25.9 Å². The van der Waals surface area contributed by atoms with Gasteiger partial charge in [0.25, 0.3) is 0 Å². The lowest BCUT2D eigenvalue weighted by Gasteiger charge is -2.24. The van der Waals surface area contributed by atoms with Crippen LogP contribution in [0.3, 0.4) is 0 Å². The molecule has 1 fully saturated rings. The number of hydrogen-bond acceptors (Lipinski definition) is 3. The van der Waals surface area contributed by atoms with Crippen LogP contribution >= 0.6 is 0 Å². The Bertz CT molecular complexity index is 804. The van der Waals surface area contributed by atoms with Crippen LogP contribution in [0.15, 0.2) is 36.7 Å². The van der Waals surface area contributed by atoms with Crippen LogP contribution in [0.1, 0.15) is 29.8 Å². The Labute approximate surface area is 153 Å². The number of carbonyl (C=O) groups excluding carboxylic acids is 2. The van der Waals surface area contributed by atoms with Crippen molar-refractivity contribution in [2.75, 3.05) is 6.54 Å². The van der Waals surface area contributed by atoms with E-state index in [2.05, 4.69) is 34.6 Å². The zero-order chi connectivity index (χ0) is 18.1. The average Bonchev–Trinajstić information content (AvgIpc) is 3.31. The van der Waals surface area contributed by atoms with Gasteiger partial charge in [0.2, 0.25) is 11.8 Å². The van der Waals surface area contributed by atoms with Gasteiger partial charge in [-0.1, -0.05) is 24.3 Å². The molecule has 4 rings (SSSR count). The van der Waals surface area contributed by atoms with E-state index >= 15 is 0 Å². The molecule has 1 N–H and O–H groups in total. The molecule has 2 aromatic rings. The first-order valence-corrected chi connectivity index (χ1v) is 9.23. The maximum absolute atomic E-state index is 12.5. The Kier molecular flexibility index (Phi) is 4.49. The summed E-state index contributed by atoms with van der Waals surface area (Å²) in [6.07, 6.45) is 6.26. The van der Waals surface area contributed by atoms with Gasteiger partial charge in [0, 0.05) is 44.4 Å². The third-order valence-corrected chi connectivity index (χ3v) is 5.50. The van der Waals surface area contributed by atoms with E-state index in [1.165, 1.54) is 11.1 Å². The quantitative estimate of drug-likeness (QED) is 0.886. The maximum Gasteiger partial charge on any atom is 0.225 e. The number of carbonyl (C=O) groups is 2. The fourth-order valence-electron chi connectivity index (χ4n) is 4.10. The molecule has 1 aliphatic heterocycles. The Morgan fingerprint density at radius 2 is 1.96 bits per heavy atom. The second-order valence-electron chi connectivity index (χ2n) is 7.26. The zero-order valence-corrected chi connectivity index (χ0v) is 15.0. The summed E-state index contributed by atoms with van der Waals surface area (Å²) in [7, 11) is 0. The average molecular weight is 352 g/mol. The summed E-state index contributed by atoms with van der Waals surface area (Å²) >= 11 is 0. The monoisotopic (exact) mass is 352 g/mol. The SMILES string of the molecule is Cc1nccn1CCC(=O)NC1CC(=O)N(C2Cc3ccccc3C2)C1. The fourth-order valence-corrected chi connectivity index (χ4v) is 4.10. The highest BCUT2D eigenvalue weighted by molar-refractivity contribution is 5.82. The van der Waals surface area contributed by atoms with E-state index in [-0.39, 0.29) is 23.9 Å². The standard InChI is InChI=1S/C20H24N4O2/c1-14-21-7-9-23(14)8-6-19(25)22-17-12-20(26)24(13-17)18-10-15-4-2-3-5-16(15)11-18/h2-5,7,9,17-18H,6,8,10-13H2,1H3,(H,22,25). The molecule has 0 bridgehead atoms. The lowest BCUT2D eigenvalue weighted by Crippen LogP contribution is -2.41. The molecule has 136 valence electrons. The van der Waals surface area contributed by atoms with Gasteiger partial charge in [-0.05, 0) is 30.9 Å². The summed E-state index contributed by atoms with van der Waals surface area (Å²) in [6, 6.07) is 8.55. The molecular formula is C20H24N4O2. The van der Waals surface area contributed by atoms with Gasteiger partial charge in [0.1, 0.15) is 5.82 Å². The number of hydrogen-bond donors (Lipinski definition) is 1. The van der Waals surface area contributed by atoms with Crippen molar-refractivity contribution in [1.82, 2.24) is 19.8 Å².